The van der Waals surface area contributed by atoms with Crippen molar-refractivity contribution in [1.82, 2.24) is 19.5 Å². The van der Waals surface area contributed by atoms with Gasteiger partial charge in [0.1, 0.15) is 5.78 Å². The number of hydrogen-bond acceptors (Lipinski definition) is 6. The van der Waals surface area contributed by atoms with Crippen LogP contribution in [0.4, 0.5) is 11.8 Å². The monoisotopic (exact) mass is 314 g/mol. The van der Waals surface area contributed by atoms with E-state index in [1.807, 2.05) is 10.6 Å². The van der Waals surface area contributed by atoms with E-state index in [0.717, 1.165) is 29.9 Å². The Morgan fingerprint density at radius 1 is 1.35 bits per heavy atom. The van der Waals surface area contributed by atoms with Crippen molar-refractivity contribution in [2.24, 2.45) is 0 Å². The maximum Gasteiger partial charge on any atom is 0.229 e. The van der Waals surface area contributed by atoms with E-state index in [-0.39, 0.29) is 0 Å². The number of Topliss-reactive ketones (excluding diaryl/α,β-unsaturated/α-hetero) is 1. The third-order valence-corrected chi connectivity index (χ3v) is 3.92. The van der Waals surface area contributed by atoms with Gasteiger partial charge >= 0.3 is 0 Å². The molecule has 1 N–H and O–H groups in total. The molecule has 3 heterocycles. The Bertz CT molecular complexity index is 713. The van der Waals surface area contributed by atoms with Gasteiger partial charge in [-0.1, -0.05) is 13.0 Å². The predicted octanol–water partition coefficient (Wildman–Crippen LogP) is 2.00. The summed E-state index contributed by atoms with van der Waals surface area (Å²) in [5.74, 6) is 1.73. The van der Waals surface area contributed by atoms with Crippen LogP contribution in [0.25, 0.3) is 11.2 Å². The minimum Gasteiger partial charge on any atom is -0.368 e. The fourth-order valence-electron chi connectivity index (χ4n) is 2.67. The number of aromatic nitrogens is 4. The zero-order valence-corrected chi connectivity index (χ0v) is 13.5. The van der Waals surface area contributed by atoms with Gasteiger partial charge in [-0.3, -0.25) is 4.79 Å². The molecule has 0 unspecified atom stereocenters. The van der Waals surface area contributed by atoms with Gasteiger partial charge in [-0.25, -0.2) is 4.98 Å². The SMILES string of the molecule is C=CCn1cnc2c(NCCC)nc(N3CCC(=O)CC3)nc21. The number of ketones is 1. The van der Waals surface area contributed by atoms with Crippen molar-refractivity contribution in [3.8, 4) is 0 Å². The number of rotatable bonds is 6. The van der Waals surface area contributed by atoms with Crippen LogP contribution in [-0.4, -0.2) is 44.9 Å². The van der Waals surface area contributed by atoms with Crippen LogP contribution in [0, 0.1) is 0 Å². The number of nitrogens with zero attached hydrogens (tertiary/aromatic N) is 5. The second kappa shape index (κ2) is 6.76. The average Bonchev–Trinajstić information content (AvgIpc) is 2.97. The van der Waals surface area contributed by atoms with Gasteiger partial charge in [0.2, 0.25) is 5.95 Å². The molecule has 1 saturated heterocycles. The molecule has 2 aromatic heterocycles. The summed E-state index contributed by atoms with van der Waals surface area (Å²) in [4.78, 5) is 27.3. The van der Waals surface area contributed by atoms with Crippen LogP contribution in [0.1, 0.15) is 26.2 Å². The first kappa shape index (κ1) is 15.5. The predicted molar refractivity (Wildman–Crippen MR) is 90.8 cm³/mol. The molecular formula is C16H22N6O. The maximum atomic E-state index is 11.5. The first-order chi connectivity index (χ1) is 11.2. The Kier molecular flexibility index (Phi) is 4.55. The van der Waals surface area contributed by atoms with Crippen LogP contribution in [0.15, 0.2) is 19.0 Å². The van der Waals surface area contributed by atoms with E-state index >= 15 is 0 Å². The molecular weight excluding hydrogens is 292 g/mol. The largest absolute Gasteiger partial charge is 0.368 e. The summed E-state index contributed by atoms with van der Waals surface area (Å²) in [6.07, 6.45) is 5.71. The number of imidazole rings is 1. The highest BCUT2D eigenvalue weighted by atomic mass is 16.1. The molecule has 7 heteroatoms. The number of carbonyl (C=O) groups excluding carboxylic acids is 1. The summed E-state index contributed by atoms with van der Waals surface area (Å²) in [5.41, 5.74) is 1.57. The number of fused-ring (bicyclic) bond motifs is 1. The second-order valence-electron chi connectivity index (χ2n) is 5.68. The summed E-state index contributed by atoms with van der Waals surface area (Å²) in [7, 11) is 0. The van der Waals surface area contributed by atoms with Gasteiger partial charge in [-0.2, -0.15) is 9.97 Å². The van der Waals surface area contributed by atoms with E-state index in [4.69, 9.17) is 0 Å². The fourth-order valence-corrected chi connectivity index (χ4v) is 2.67. The van der Waals surface area contributed by atoms with Crippen LogP contribution < -0.4 is 10.2 Å². The van der Waals surface area contributed by atoms with Crippen LogP contribution >= 0.6 is 0 Å². The molecule has 0 amide bonds. The van der Waals surface area contributed by atoms with Gasteiger partial charge in [0.15, 0.2) is 17.0 Å². The van der Waals surface area contributed by atoms with E-state index < -0.39 is 0 Å². The van der Waals surface area contributed by atoms with Crippen molar-refractivity contribution < 1.29 is 4.79 Å². The van der Waals surface area contributed by atoms with Crippen molar-refractivity contribution in [1.29, 1.82) is 0 Å². The normalized spacial score (nSPS) is 15.2. The molecule has 0 aromatic carbocycles. The van der Waals surface area contributed by atoms with Crippen molar-refractivity contribution >= 4 is 28.7 Å². The lowest BCUT2D eigenvalue weighted by molar-refractivity contribution is -0.119. The highest BCUT2D eigenvalue weighted by molar-refractivity contribution is 5.85. The molecule has 2 aromatic rings. The molecule has 0 bridgehead atoms. The zero-order valence-electron chi connectivity index (χ0n) is 13.5. The number of carbonyl (C=O) groups is 1. The minimum atomic E-state index is 0.309. The average molecular weight is 314 g/mol. The molecule has 3 rings (SSSR count). The van der Waals surface area contributed by atoms with Crippen LogP contribution in [0.3, 0.4) is 0 Å². The summed E-state index contributed by atoms with van der Waals surface area (Å²) >= 11 is 0. The molecule has 0 aliphatic carbocycles. The summed E-state index contributed by atoms with van der Waals surface area (Å²) in [6.45, 7) is 8.72. The Balaban J connectivity index is 2.01. The van der Waals surface area contributed by atoms with E-state index in [9.17, 15) is 4.79 Å². The van der Waals surface area contributed by atoms with Gasteiger partial charge < -0.3 is 14.8 Å². The quantitative estimate of drug-likeness (QED) is 0.822. The highest BCUT2D eigenvalue weighted by Crippen LogP contribution is 2.24. The Hall–Kier alpha value is -2.44. The van der Waals surface area contributed by atoms with Crippen LogP contribution in [0.5, 0.6) is 0 Å². The number of hydrogen-bond donors (Lipinski definition) is 1. The molecule has 23 heavy (non-hydrogen) atoms. The Morgan fingerprint density at radius 3 is 2.83 bits per heavy atom. The molecule has 1 fully saturated rings. The van der Waals surface area contributed by atoms with Gasteiger partial charge in [-0.15, -0.1) is 6.58 Å². The van der Waals surface area contributed by atoms with Crippen LogP contribution in [-0.2, 0) is 11.3 Å². The standard InChI is InChI=1S/C16H22N6O/c1-3-7-17-14-13-15(22(8-4-2)11-18-13)20-16(19-14)21-9-5-12(23)6-10-21/h4,11H,2-3,5-10H2,1H3,(H,17,19,20). The minimum absolute atomic E-state index is 0.309. The zero-order chi connectivity index (χ0) is 16.2. The first-order valence-corrected chi connectivity index (χ1v) is 8.07. The van der Waals surface area contributed by atoms with Crippen molar-refractivity contribution in [2.45, 2.75) is 32.7 Å². The van der Waals surface area contributed by atoms with Gasteiger partial charge in [0.25, 0.3) is 0 Å². The number of allylic oxidation sites excluding steroid dienone is 1. The number of anilines is 2. The smallest absolute Gasteiger partial charge is 0.229 e. The number of nitrogens with one attached hydrogen (secondary N) is 1. The molecule has 0 radical (unpaired) electrons. The maximum absolute atomic E-state index is 11.5. The van der Waals surface area contributed by atoms with Gasteiger partial charge in [0, 0.05) is 39.0 Å². The third kappa shape index (κ3) is 3.18. The molecule has 7 nitrogen and oxygen atoms in total. The lowest BCUT2D eigenvalue weighted by Crippen LogP contribution is -2.35. The van der Waals surface area contributed by atoms with Crippen molar-refractivity contribution in [3.05, 3.63) is 19.0 Å². The van der Waals surface area contributed by atoms with E-state index in [2.05, 4.69) is 38.7 Å². The molecule has 0 saturated carbocycles. The third-order valence-electron chi connectivity index (χ3n) is 3.92. The summed E-state index contributed by atoms with van der Waals surface area (Å²) < 4.78 is 1.96. The van der Waals surface area contributed by atoms with Crippen molar-refractivity contribution in [2.75, 3.05) is 29.9 Å². The lowest BCUT2D eigenvalue weighted by atomic mass is 10.1. The van der Waals surface area contributed by atoms with Gasteiger partial charge in [-0.05, 0) is 6.42 Å². The molecule has 122 valence electrons. The molecule has 0 spiro atoms. The van der Waals surface area contributed by atoms with Crippen LogP contribution in [0.2, 0.25) is 0 Å². The second-order valence-corrected chi connectivity index (χ2v) is 5.68. The molecule has 1 aliphatic heterocycles. The van der Waals surface area contributed by atoms with E-state index in [1.165, 1.54) is 0 Å². The topological polar surface area (TPSA) is 75.9 Å². The fraction of sp³-hybridized carbons (Fsp3) is 0.500. The summed E-state index contributed by atoms with van der Waals surface area (Å²) in [5, 5.41) is 3.33. The summed E-state index contributed by atoms with van der Waals surface area (Å²) in [6, 6.07) is 0. The Morgan fingerprint density at radius 2 is 2.13 bits per heavy atom. The van der Waals surface area contributed by atoms with Crippen molar-refractivity contribution in [3.63, 3.8) is 0 Å². The lowest BCUT2D eigenvalue weighted by Gasteiger charge is -2.26. The molecule has 1 aliphatic rings. The van der Waals surface area contributed by atoms with E-state index in [0.29, 0.717) is 44.2 Å². The molecule has 0 atom stereocenters. The Labute approximate surface area is 135 Å². The number of piperidine rings is 1. The van der Waals surface area contributed by atoms with Gasteiger partial charge in [0.05, 0.1) is 6.33 Å². The first-order valence-electron chi connectivity index (χ1n) is 8.07. The highest BCUT2D eigenvalue weighted by Gasteiger charge is 2.21. The van der Waals surface area contributed by atoms with E-state index in [1.54, 1.807) is 6.33 Å².